The Balaban J connectivity index is 2.18. The van der Waals surface area contributed by atoms with Gasteiger partial charge in [0.05, 0.1) is 12.7 Å². The molecule has 90 valence electrons. The molecule has 1 aromatic rings. The van der Waals surface area contributed by atoms with Crippen LogP contribution in [0.25, 0.3) is 0 Å². The topological polar surface area (TPSA) is 72.6 Å². The van der Waals surface area contributed by atoms with Gasteiger partial charge in [0.15, 0.2) is 0 Å². The number of rotatable bonds is 3. The van der Waals surface area contributed by atoms with Gasteiger partial charge in [0.25, 0.3) is 10.0 Å². The van der Waals surface area contributed by atoms with Crippen LogP contribution < -0.4 is 5.73 Å². The van der Waals surface area contributed by atoms with E-state index in [9.17, 15) is 8.42 Å². The summed E-state index contributed by atoms with van der Waals surface area (Å²) >= 11 is 1.23. The maximum absolute atomic E-state index is 12.1. The molecule has 2 heterocycles. The minimum absolute atomic E-state index is 0.191. The lowest BCUT2D eigenvalue weighted by Gasteiger charge is -2.31. The molecule has 0 bridgehead atoms. The average Bonchev–Trinajstić information content (AvgIpc) is 2.83. The number of hydrogen-bond acceptors (Lipinski definition) is 5. The van der Waals surface area contributed by atoms with Crippen molar-refractivity contribution in [2.45, 2.75) is 10.3 Å². The molecule has 7 heteroatoms. The summed E-state index contributed by atoms with van der Waals surface area (Å²) < 4.78 is 31.5. The van der Waals surface area contributed by atoms with Crippen molar-refractivity contribution in [3.05, 3.63) is 17.5 Å². The van der Waals surface area contributed by atoms with E-state index in [0.29, 0.717) is 30.5 Å². The van der Waals surface area contributed by atoms with Crippen LogP contribution in [0.15, 0.2) is 21.7 Å². The van der Waals surface area contributed by atoms with E-state index in [1.54, 1.807) is 17.5 Å². The lowest BCUT2D eigenvalue weighted by Crippen LogP contribution is -2.47. The second kappa shape index (κ2) is 4.80. The molecule has 1 aliphatic rings. The fourth-order valence-corrected chi connectivity index (χ4v) is 4.19. The van der Waals surface area contributed by atoms with Gasteiger partial charge >= 0.3 is 0 Å². The number of morpholine rings is 1. The molecule has 2 N–H and O–H groups in total. The van der Waals surface area contributed by atoms with Crippen molar-refractivity contribution in [1.82, 2.24) is 4.31 Å². The predicted octanol–water partition coefficient (Wildman–Crippen LogP) is 0.0963. The summed E-state index contributed by atoms with van der Waals surface area (Å²) in [5, 5.41) is 1.76. The largest absolute Gasteiger partial charge is 0.374 e. The summed E-state index contributed by atoms with van der Waals surface area (Å²) in [6.45, 7) is 1.50. The van der Waals surface area contributed by atoms with Crippen LogP contribution in [-0.4, -0.2) is 45.1 Å². The number of sulfonamides is 1. The third-order valence-electron chi connectivity index (χ3n) is 2.45. The van der Waals surface area contributed by atoms with E-state index in [4.69, 9.17) is 10.5 Å². The summed E-state index contributed by atoms with van der Waals surface area (Å²) in [5.74, 6) is 0. The van der Waals surface area contributed by atoms with Gasteiger partial charge in [-0.05, 0) is 11.4 Å². The predicted molar refractivity (Wildman–Crippen MR) is 61.9 cm³/mol. The second-order valence-corrected chi connectivity index (χ2v) is 6.64. The molecule has 0 amide bonds. The first kappa shape index (κ1) is 12.0. The molecule has 1 saturated heterocycles. The van der Waals surface area contributed by atoms with Crippen LogP contribution in [0.2, 0.25) is 0 Å². The summed E-state index contributed by atoms with van der Waals surface area (Å²) in [7, 11) is -3.35. The maximum atomic E-state index is 12.1. The van der Waals surface area contributed by atoms with Crippen molar-refractivity contribution in [3.63, 3.8) is 0 Å². The molecule has 2 rings (SSSR count). The van der Waals surface area contributed by atoms with Gasteiger partial charge in [-0.2, -0.15) is 4.31 Å². The maximum Gasteiger partial charge on any atom is 0.252 e. The van der Waals surface area contributed by atoms with Crippen LogP contribution in [0.4, 0.5) is 0 Å². The standard InChI is InChI=1S/C9H14N2O3S2/c10-6-8-7-11(3-4-14-8)16(12,13)9-2-1-5-15-9/h1-2,5,8H,3-4,6-7,10H2. The average molecular weight is 262 g/mol. The highest BCUT2D eigenvalue weighted by atomic mass is 32.2. The molecular formula is C9H14N2O3S2. The molecule has 0 aliphatic carbocycles. The SMILES string of the molecule is NCC1CN(S(=O)(=O)c2cccs2)CCO1. The van der Waals surface area contributed by atoms with E-state index >= 15 is 0 Å². The molecule has 0 saturated carbocycles. The quantitative estimate of drug-likeness (QED) is 0.838. The van der Waals surface area contributed by atoms with E-state index < -0.39 is 10.0 Å². The van der Waals surface area contributed by atoms with Crippen molar-refractivity contribution in [1.29, 1.82) is 0 Å². The molecular weight excluding hydrogens is 248 g/mol. The minimum Gasteiger partial charge on any atom is -0.374 e. The molecule has 16 heavy (non-hydrogen) atoms. The lowest BCUT2D eigenvalue weighted by molar-refractivity contribution is 0.00456. The number of ether oxygens (including phenoxy) is 1. The minimum atomic E-state index is -3.35. The molecule has 1 aromatic heterocycles. The van der Waals surface area contributed by atoms with E-state index in [0.717, 1.165) is 0 Å². The Morgan fingerprint density at radius 1 is 1.62 bits per heavy atom. The van der Waals surface area contributed by atoms with Crippen LogP contribution in [-0.2, 0) is 14.8 Å². The highest BCUT2D eigenvalue weighted by molar-refractivity contribution is 7.91. The first-order valence-electron chi connectivity index (χ1n) is 5.00. The Morgan fingerprint density at radius 3 is 3.06 bits per heavy atom. The highest BCUT2D eigenvalue weighted by Crippen LogP contribution is 2.22. The van der Waals surface area contributed by atoms with Gasteiger partial charge in [-0.3, -0.25) is 0 Å². The summed E-state index contributed by atoms with van der Waals surface area (Å²) in [5.41, 5.74) is 5.48. The molecule has 1 unspecified atom stereocenters. The third-order valence-corrected chi connectivity index (χ3v) is 5.69. The Morgan fingerprint density at radius 2 is 2.44 bits per heavy atom. The Kier molecular flexibility index (Phi) is 3.60. The van der Waals surface area contributed by atoms with Gasteiger partial charge in [0.2, 0.25) is 0 Å². The highest BCUT2D eigenvalue weighted by Gasteiger charge is 2.30. The molecule has 1 fully saturated rings. The number of nitrogens with two attached hydrogens (primary N) is 1. The molecule has 0 radical (unpaired) electrons. The van der Waals surface area contributed by atoms with Crippen molar-refractivity contribution in [3.8, 4) is 0 Å². The van der Waals surface area contributed by atoms with E-state index in [-0.39, 0.29) is 6.10 Å². The summed E-state index contributed by atoms with van der Waals surface area (Å²) in [6, 6.07) is 3.35. The van der Waals surface area contributed by atoms with Gasteiger partial charge < -0.3 is 10.5 Å². The van der Waals surface area contributed by atoms with E-state index in [1.807, 2.05) is 0 Å². The van der Waals surface area contributed by atoms with Crippen LogP contribution in [0.5, 0.6) is 0 Å². The Bertz CT molecular complexity index is 430. The molecule has 5 nitrogen and oxygen atoms in total. The monoisotopic (exact) mass is 262 g/mol. The molecule has 1 aliphatic heterocycles. The van der Waals surface area contributed by atoms with Crippen molar-refractivity contribution >= 4 is 21.4 Å². The van der Waals surface area contributed by atoms with E-state index in [1.165, 1.54) is 15.6 Å². The van der Waals surface area contributed by atoms with Crippen LogP contribution >= 0.6 is 11.3 Å². The first-order valence-corrected chi connectivity index (χ1v) is 7.32. The van der Waals surface area contributed by atoms with Crippen LogP contribution in [0.3, 0.4) is 0 Å². The van der Waals surface area contributed by atoms with Gasteiger partial charge in [-0.25, -0.2) is 8.42 Å². The summed E-state index contributed by atoms with van der Waals surface area (Å²) in [4.78, 5) is 0. The molecule has 0 spiro atoms. The third kappa shape index (κ3) is 2.28. The smallest absolute Gasteiger partial charge is 0.252 e. The molecule has 0 aromatic carbocycles. The fraction of sp³-hybridized carbons (Fsp3) is 0.556. The van der Waals surface area contributed by atoms with Crippen LogP contribution in [0, 0.1) is 0 Å². The van der Waals surface area contributed by atoms with Gasteiger partial charge in [-0.15, -0.1) is 11.3 Å². The number of thiophene rings is 1. The molecule has 1 atom stereocenters. The Hall–Kier alpha value is -0.470. The second-order valence-electron chi connectivity index (χ2n) is 3.52. The first-order chi connectivity index (χ1) is 7.64. The van der Waals surface area contributed by atoms with Crippen molar-refractivity contribution in [2.24, 2.45) is 5.73 Å². The van der Waals surface area contributed by atoms with Crippen molar-refractivity contribution in [2.75, 3.05) is 26.2 Å². The normalized spacial score (nSPS) is 23.4. The zero-order valence-corrected chi connectivity index (χ0v) is 10.3. The van der Waals surface area contributed by atoms with Gasteiger partial charge in [0.1, 0.15) is 4.21 Å². The Labute approximate surface area is 98.9 Å². The summed E-state index contributed by atoms with van der Waals surface area (Å²) in [6.07, 6.45) is -0.191. The van der Waals surface area contributed by atoms with E-state index in [2.05, 4.69) is 0 Å². The lowest BCUT2D eigenvalue weighted by atomic mass is 10.3. The number of nitrogens with zero attached hydrogens (tertiary/aromatic N) is 1. The fourth-order valence-electron chi connectivity index (χ4n) is 1.59. The number of hydrogen-bond donors (Lipinski definition) is 1. The zero-order chi connectivity index (χ0) is 11.6. The van der Waals surface area contributed by atoms with Gasteiger partial charge in [0, 0.05) is 19.6 Å². The van der Waals surface area contributed by atoms with Crippen LogP contribution in [0.1, 0.15) is 0 Å². The van der Waals surface area contributed by atoms with Gasteiger partial charge in [-0.1, -0.05) is 6.07 Å². The van der Waals surface area contributed by atoms with Crippen molar-refractivity contribution < 1.29 is 13.2 Å². The zero-order valence-electron chi connectivity index (χ0n) is 8.70.